The van der Waals surface area contributed by atoms with Gasteiger partial charge in [-0.05, 0) is 38.3 Å². The Bertz CT molecular complexity index is 684. The minimum Gasteiger partial charge on any atom is -0.462 e. The molecule has 0 aliphatic heterocycles. The van der Waals surface area contributed by atoms with Crippen LogP contribution >= 0.6 is 0 Å². The first kappa shape index (κ1) is 32.2. The summed E-state index contributed by atoms with van der Waals surface area (Å²) in [6.45, 7) is 6.80. The molecule has 0 bridgehead atoms. The Morgan fingerprint density at radius 3 is 1.53 bits per heavy atom. The number of benzene rings is 1. The topological polar surface area (TPSA) is 52.6 Å². The molecule has 0 aliphatic rings. The van der Waals surface area contributed by atoms with Crippen molar-refractivity contribution >= 4 is 11.9 Å². The molecule has 4 nitrogen and oxygen atoms in total. The monoisotopic (exact) mass is 502 g/mol. The molecule has 1 rings (SSSR count). The Balaban J connectivity index is 2.22. The molecule has 4 heteroatoms. The average Bonchev–Trinajstić information content (AvgIpc) is 2.88. The molecule has 1 unspecified atom stereocenters. The third-order valence-electron chi connectivity index (χ3n) is 6.87. The van der Waals surface area contributed by atoms with Gasteiger partial charge in [-0.25, -0.2) is 9.59 Å². The molecule has 0 radical (unpaired) electrons. The molecule has 0 saturated carbocycles. The molecule has 0 N–H and O–H groups in total. The van der Waals surface area contributed by atoms with E-state index in [0.717, 1.165) is 25.7 Å². The van der Waals surface area contributed by atoms with E-state index in [1.54, 1.807) is 24.3 Å². The van der Waals surface area contributed by atoms with E-state index in [2.05, 4.69) is 13.8 Å². The van der Waals surface area contributed by atoms with E-state index in [1.807, 2.05) is 6.92 Å². The third kappa shape index (κ3) is 16.0. The molecule has 0 heterocycles. The summed E-state index contributed by atoms with van der Waals surface area (Å²) in [5.41, 5.74) is 0.597. The number of carbonyl (C=O) groups is 2. The molecule has 36 heavy (non-hydrogen) atoms. The normalized spacial score (nSPS) is 11.9. The van der Waals surface area contributed by atoms with Crippen molar-refractivity contribution in [2.75, 3.05) is 6.61 Å². The molecule has 0 spiro atoms. The van der Waals surface area contributed by atoms with E-state index in [1.165, 1.54) is 96.3 Å². The van der Waals surface area contributed by atoms with Gasteiger partial charge in [0.15, 0.2) is 0 Å². The SMILES string of the molecule is CCCCCCCCCCCCCCOC(=O)c1ccccc1C(=O)OC(C)CCCCCCCC. The molecule has 0 aliphatic carbocycles. The average molecular weight is 503 g/mol. The number of rotatable bonds is 23. The summed E-state index contributed by atoms with van der Waals surface area (Å²) < 4.78 is 11.1. The number of esters is 2. The molecule has 0 fully saturated rings. The van der Waals surface area contributed by atoms with Gasteiger partial charge in [-0.1, -0.05) is 129 Å². The molecule has 0 saturated heterocycles. The van der Waals surface area contributed by atoms with Gasteiger partial charge in [0, 0.05) is 0 Å². The van der Waals surface area contributed by atoms with Gasteiger partial charge in [-0.2, -0.15) is 0 Å². The van der Waals surface area contributed by atoms with E-state index in [4.69, 9.17) is 9.47 Å². The van der Waals surface area contributed by atoms with Crippen LogP contribution in [0.15, 0.2) is 24.3 Å². The number of carbonyl (C=O) groups excluding carboxylic acids is 2. The first-order chi connectivity index (χ1) is 17.6. The molecule has 1 aromatic carbocycles. The van der Waals surface area contributed by atoms with Gasteiger partial charge in [-0.15, -0.1) is 0 Å². The highest BCUT2D eigenvalue weighted by atomic mass is 16.5. The van der Waals surface area contributed by atoms with Crippen molar-refractivity contribution < 1.29 is 19.1 Å². The lowest BCUT2D eigenvalue weighted by atomic mass is 10.1. The van der Waals surface area contributed by atoms with Gasteiger partial charge in [-0.3, -0.25) is 0 Å². The van der Waals surface area contributed by atoms with Crippen molar-refractivity contribution in [3.63, 3.8) is 0 Å². The zero-order chi connectivity index (χ0) is 26.3. The predicted molar refractivity (Wildman–Crippen MR) is 151 cm³/mol. The van der Waals surface area contributed by atoms with Gasteiger partial charge in [0.2, 0.25) is 0 Å². The number of hydrogen-bond acceptors (Lipinski definition) is 4. The van der Waals surface area contributed by atoms with Crippen molar-refractivity contribution in [2.24, 2.45) is 0 Å². The maximum atomic E-state index is 12.7. The molecule has 1 atom stereocenters. The first-order valence-corrected chi connectivity index (χ1v) is 15.1. The summed E-state index contributed by atoms with van der Waals surface area (Å²) in [5, 5.41) is 0. The second kappa shape index (κ2) is 22.4. The second-order valence-electron chi connectivity index (χ2n) is 10.3. The van der Waals surface area contributed by atoms with E-state index in [-0.39, 0.29) is 6.10 Å². The summed E-state index contributed by atoms with van der Waals surface area (Å²) in [7, 11) is 0. The smallest absolute Gasteiger partial charge is 0.339 e. The van der Waals surface area contributed by atoms with E-state index >= 15 is 0 Å². The highest BCUT2D eigenvalue weighted by molar-refractivity contribution is 6.03. The Morgan fingerprint density at radius 1 is 0.611 bits per heavy atom. The van der Waals surface area contributed by atoms with E-state index < -0.39 is 11.9 Å². The van der Waals surface area contributed by atoms with Crippen LogP contribution in [-0.2, 0) is 9.47 Å². The molecular formula is C32H54O4. The summed E-state index contributed by atoms with van der Waals surface area (Å²) in [6.07, 6.45) is 23.2. The lowest BCUT2D eigenvalue weighted by Gasteiger charge is -2.15. The fraction of sp³-hybridized carbons (Fsp3) is 0.750. The fourth-order valence-electron chi connectivity index (χ4n) is 4.54. The van der Waals surface area contributed by atoms with Gasteiger partial charge in [0.1, 0.15) is 0 Å². The predicted octanol–water partition coefficient (Wildman–Crippen LogP) is 9.84. The standard InChI is InChI=1S/C32H54O4/c1-4-6-8-10-12-13-14-15-16-17-19-23-27-35-31(33)29-25-21-22-26-30(29)32(34)36-28(3)24-20-18-11-9-7-5-2/h21-22,25-26,28H,4-20,23-24,27H2,1-3H3. The second-order valence-corrected chi connectivity index (χ2v) is 10.3. The van der Waals surface area contributed by atoms with Crippen molar-refractivity contribution in [3.8, 4) is 0 Å². The molecule has 206 valence electrons. The van der Waals surface area contributed by atoms with Gasteiger partial charge in [0.05, 0.1) is 23.8 Å². The summed E-state index contributed by atoms with van der Waals surface area (Å²) >= 11 is 0. The molecule has 0 amide bonds. The van der Waals surface area contributed by atoms with Crippen LogP contribution in [0.5, 0.6) is 0 Å². The fourth-order valence-corrected chi connectivity index (χ4v) is 4.54. The maximum absolute atomic E-state index is 12.7. The zero-order valence-corrected chi connectivity index (χ0v) is 23.7. The van der Waals surface area contributed by atoms with Gasteiger partial charge >= 0.3 is 11.9 Å². The Kier molecular flexibility index (Phi) is 20.0. The molecular weight excluding hydrogens is 448 g/mol. The minimum absolute atomic E-state index is 0.159. The summed E-state index contributed by atoms with van der Waals surface area (Å²) in [4.78, 5) is 25.3. The zero-order valence-electron chi connectivity index (χ0n) is 23.7. The Hall–Kier alpha value is -1.84. The number of ether oxygens (including phenoxy) is 2. The molecule has 1 aromatic rings. The van der Waals surface area contributed by atoms with E-state index in [0.29, 0.717) is 17.7 Å². The lowest BCUT2D eigenvalue weighted by Crippen LogP contribution is -2.19. The first-order valence-electron chi connectivity index (χ1n) is 15.1. The van der Waals surface area contributed by atoms with Crippen LogP contribution in [0.4, 0.5) is 0 Å². The van der Waals surface area contributed by atoms with Crippen LogP contribution in [0, 0.1) is 0 Å². The highest BCUT2D eigenvalue weighted by Crippen LogP contribution is 2.17. The van der Waals surface area contributed by atoms with Crippen molar-refractivity contribution in [2.45, 2.75) is 149 Å². The largest absolute Gasteiger partial charge is 0.462 e. The summed E-state index contributed by atoms with van der Waals surface area (Å²) in [6, 6.07) is 6.83. The highest BCUT2D eigenvalue weighted by Gasteiger charge is 2.20. The quantitative estimate of drug-likeness (QED) is 0.110. The maximum Gasteiger partial charge on any atom is 0.339 e. The van der Waals surface area contributed by atoms with Crippen molar-refractivity contribution in [1.82, 2.24) is 0 Å². The van der Waals surface area contributed by atoms with Crippen LogP contribution in [0.3, 0.4) is 0 Å². The Morgan fingerprint density at radius 2 is 1.03 bits per heavy atom. The van der Waals surface area contributed by atoms with Crippen LogP contribution in [0.2, 0.25) is 0 Å². The van der Waals surface area contributed by atoms with Crippen molar-refractivity contribution in [1.29, 1.82) is 0 Å². The van der Waals surface area contributed by atoms with Crippen LogP contribution in [-0.4, -0.2) is 24.6 Å². The minimum atomic E-state index is -0.439. The van der Waals surface area contributed by atoms with Gasteiger partial charge < -0.3 is 9.47 Å². The summed E-state index contributed by atoms with van der Waals surface area (Å²) in [5.74, 6) is -0.874. The van der Waals surface area contributed by atoms with Crippen LogP contribution < -0.4 is 0 Å². The molecule has 0 aromatic heterocycles. The number of hydrogen-bond donors (Lipinski definition) is 0. The Labute approximate surface area is 221 Å². The van der Waals surface area contributed by atoms with Gasteiger partial charge in [0.25, 0.3) is 0 Å². The third-order valence-corrected chi connectivity index (χ3v) is 6.87. The number of unbranched alkanes of at least 4 members (excludes halogenated alkanes) is 16. The van der Waals surface area contributed by atoms with Crippen molar-refractivity contribution in [3.05, 3.63) is 35.4 Å². The van der Waals surface area contributed by atoms with Crippen LogP contribution in [0.1, 0.15) is 163 Å². The lowest BCUT2D eigenvalue weighted by molar-refractivity contribution is 0.0307. The van der Waals surface area contributed by atoms with E-state index in [9.17, 15) is 9.59 Å². The van der Waals surface area contributed by atoms with Crippen LogP contribution in [0.25, 0.3) is 0 Å².